The fourth-order valence-electron chi connectivity index (χ4n) is 4.76. The molecule has 0 bridgehead atoms. The molecule has 0 saturated heterocycles. The van der Waals surface area contributed by atoms with E-state index in [1.807, 2.05) is 74.5 Å². The topological polar surface area (TPSA) is 66.5 Å². The van der Waals surface area contributed by atoms with Gasteiger partial charge in [0, 0.05) is 31.4 Å². The molecule has 1 aliphatic heterocycles. The number of likely N-dealkylation sites (N-methyl/N-ethyl adjacent to an activating group) is 1. The first-order chi connectivity index (χ1) is 16.2. The lowest BCUT2D eigenvalue weighted by molar-refractivity contribution is -0.131. The van der Waals surface area contributed by atoms with Crippen LogP contribution in [0.3, 0.4) is 0 Å². The van der Waals surface area contributed by atoms with Crippen molar-refractivity contribution in [1.82, 2.24) is 5.32 Å². The Balaban J connectivity index is 1.52. The Morgan fingerprint density at radius 2 is 1.56 bits per heavy atom. The first-order valence-electron chi connectivity index (χ1n) is 11.6. The predicted molar refractivity (Wildman–Crippen MR) is 135 cm³/mol. The third-order valence-electron chi connectivity index (χ3n) is 6.36. The van der Waals surface area contributed by atoms with Crippen molar-refractivity contribution in [2.75, 3.05) is 11.9 Å². The fourth-order valence-corrected chi connectivity index (χ4v) is 4.76. The van der Waals surface area contributed by atoms with Gasteiger partial charge in [0.25, 0.3) is 5.91 Å². The van der Waals surface area contributed by atoms with Crippen molar-refractivity contribution in [3.63, 3.8) is 0 Å². The molecule has 0 radical (unpaired) electrons. The lowest BCUT2D eigenvalue weighted by Crippen LogP contribution is -2.42. The zero-order chi connectivity index (χ0) is 24.4. The van der Waals surface area contributed by atoms with Crippen LogP contribution in [0.1, 0.15) is 41.6 Å². The summed E-state index contributed by atoms with van der Waals surface area (Å²) in [5, 5.41) is 2.93. The molecule has 3 aromatic carbocycles. The highest BCUT2D eigenvalue weighted by Crippen LogP contribution is 2.39. The normalized spacial score (nSPS) is 15.7. The fraction of sp³-hybridized carbons (Fsp3) is 0.276. The average Bonchev–Trinajstić information content (AvgIpc) is 2.88. The molecule has 4 rings (SSSR count). The SMILES string of the molecule is Cc1cc(C)cc(CC(=O)C[C@@H](C)C(=O)N[C@@H]2C(=O)N(C)c3ccccc3-c3ccccc32)c1. The van der Waals surface area contributed by atoms with Gasteiger partial charge in [-0.05, 0) is 36.6 Å². The lowest BCUT2D eigenvalue weighted by Gasteiger charge is -2.24. The number of aryl methyl sites for hydroxylation is 2. The molecular weight excluding hydrogens is 424 g/mol. The number of para-hydroxylation sites is 1. The number of carbonyl (C=O) groups excluding carboxylic acids is 3. The molecule has 0 spiro atoms. The average molecular weight is 455 g/mol. The molecule has 3 aromatic rings. The number of Topliss-reactive ketones (excluding diaryl/α,β-unsaturated/α-hetero) is 1. The molecule has 2 amide bonds. The molecule has 5 heteroatoms. The van der Waals surface area contributed by atoms with E-state index in [1.54, 1.807) is 18.9 Å². The van der Waals surface area contributed by atoms with Crippen LogP contribution in [-0.4, -0.2) is 24.6 Å². The third kappa shape index (κ3) is 4.79. The van der Waals surface area contributed by atoms with Gasteiger partial charge in [-0.1, -0.05) is 78.7 Å². The Bertz CT molecular complexity index is 1240. The maximum Gasteiger partial charge on any atom is 0.253 e. The summed E-state index contributed by atoms with van der Waals surface area (Å²) in [6.45, 7) is 5.75. The number of rotatable bonds is 6. The van der Waals surface area contributed by atoms with Gasteiger partial charge in [0.05, 0.1) is 5.69 Å². The second kappa shape index (κ2) is 9.64. The van der Waals surface area contributed by atoms with E-state index in [0.29, 0.717) is 6.42 Å². The van der Waals surface area contributed by atoms with Crippen LogP contribution in [0.4, 0.5) is 5.69 Å². The second-order valence-electron chi connectivity index (χ2n) is 9.26. The van der Waals surface area contributed by atoms with E-state index in [9.17, 15) is 14.4 Å². The van der Waals surface area contributed by atoms with Crippen molar-refractivity contribution in [1.29, 1.82) is 0 Å². The molecule has 0 aromatic heterocycles. The minimum atomic E-state index is -0.821. The van der Waals surface area contributed by atoms with E-state index < -0.39 is 12.0 Å². The Morgan fingerprint density at radius 1 is 0.941 bits per heavy atom. The van der Waals surface area contributed by atoms with E-state index in [2.05, 4.69) is 11.4 Å². The van der Waals surface area contributed by atoms with Crippen LogP contribution in [0.5, 0.6) is 0 Å². The van der Waals surface area contributed by atoms with Crippen molar-refractivity contribution >= 4 is 23.3 Å². The smallest absolute Gasteiger partial charge is 0.253 e. The van der Waals surface area contributed by atoms with Crippen molar-refractivity contribution < 1.29 is 14.4 Å². The Labute approximate surface area is 200 Å². The largest absolute Gasteiger partial charge is 0.340 e. The molecule has 0 saturated carbocycles. The molecule has 5 nitrogen and oxygen atoms in total. The van der Waals surface area contributed by atoms with Crippen LogP contribution in [0.25, 0.3) is 11.1 Å². The van der Waals surface area contributed by atoms with Crippen LogP contribution in [0, 0.1) is 19.8 Å². The van der Waals surface area contributed by atoms with Crippen molar-refractivity contribution in [2.24, 2.45) is 5.92 Å². The quantitative estimate of drug-likeness (QED) is 0.574. The van der Waals surface area contributed by atoms with Crippen molar-refractivity contribution in [2.45, 2.75) is 39.7 Å². The van der Waals surface area contributed by atoms with Crippen LogP contribution in [0.15, 0.2) is 66.7 Å². The monoisotopic (exact) mass is 454 g/mol. The Morgan fingerprint density at radius 3 is 2.26 bits per heavy atom. The number of benzene rings is 3. The lowest BCUT2D eigenvalue weighted by atomic mass is 9.94. The van der Waals surface area contributed by atoms with Gasteiger partial charge in [-0.15, -0.1) is 0 Å². The summed E-state index contributed by atoms with van der Waals surface area (Å²) in [6, 6.07) is 20.6. The Hall–Kier alpha value is -3.73. The maximum atomic E-state index is 13.4. The van der Waals surface area contributed by atoms with Crippen molar-refractivity contribution in [3.8, 4) is 11.1 Å². The summed E-state index contributed by atoms with van der Waals surface area (Å²) < 4.78 is 0. The molecule has 0 unspecified atom stereocenters. The first kappa shape index (κ1) is 23.4. The molecule has 0 fully saturated rings. The molecule has 1 heterocycles. The summed E-state index contributed by atoms with van der Waals surface area (Å²) in [6.07, 6.45) is 0.417. The third-order valence-corrected chi connectivity index (χ3v) is 6.36. The van der Waals surface area contributed by atoms with Gasteiger partial charge in [-0.2, -0.15) is 0 Å². The van der Waals surface area contributed by atoms with Gasteiger partial charge in [0.15, 0.2) is 0 Å². The predicted octanol–water partition coefficient (Wildman–Crippen LogP) is 4.94. The summed E-state index contributed by atoms with van der Waals surface area (Å²) in [4.78, 5) is 40.8. The molecule has 34 heavy (non-hydrogen) atoms. The van der Waals surface area contributed by atoms with Crippen LogP contribution in [-0.2, 0) is 20.8 Å². The van der Waals surface area contributed by atoms with E-state index >= 15 is 0 Å². The highest BCUT2D eigenvalue weighted by Gasteiger charge is 2.34. The second-order valence-corrected chi connectivity index (χ2v) is 9.26. The van der Waals surface area contributed by atoms with E-state index in [-0.39, 0.29) is 24.0 Å². The number of fused-ring (bicyclic) bond motifs is 3. The number of ketones is 1. The summed E-state index contributed by atoms with van der Waals surface area (Å²) in [5.41, 5.74) is 6.61. The molecular formula is C29H30N2O3. The molecule has 1 N–H and O–H groups in total. The first-order valence-corrected chi connectivity index (χ1v) is 11.6. The van der Waals surface area contributed by atoms with Crippen LogP contribution in [0.2, 0.25) is 0 Å². The molecule has 0 aliphatic carbocycles. The van der Waals surface area contributed by atoms with Gasteiger partial charge >= 0.3 is 0 Å². The minimum Gasteiger partial charge on any atom is -0.340 e. The molecule has 1 aliphatic rings. The zero-order valence-corrected chi connectivity index (χ0v) is 20.1. The van der Waals surface area contributed by atoms with Crippen LogP contribution < -0.4 is 10.2 Å². The van der Waals surface area contributed by atoms with Gasteiger partial charge in [0.1, 0.15) is 11.8 Å². The van der Waals surface area contributed by atoms with Crippen LogP contribution >= 0.6 is 0 Å². The summed E-state index contributed by atoms with van der Waals surface area (Å²) in [5.74, 6) is -1.06. The van der Waals surface area contributed by atoms with Gasteiger partial charge in [0.2, 0.25) is 5.91 Å². The standard InChI is InChI=1S/C29H30N2O3/c1-18-13-19(2)15-21(14-18)17-22(32)16-20(3)28(33)30-27-25-11-6-5-9-23(25)24-10-7-8-12-26(24)31(4)29(27)34/h5-15,20,27H,16-17H2,1-4H3,(H,30,33)/t20-,27+/m1/s1. The van der Waals surface area contributed by atoms with Gasteiger partial charge in [-0.25, -0.2) is 0 Å². The van der Waals surface area contributed by atoms with Crippen molar-refractivity contribution in [3.05, 3.63) is 89.0 Å². The minimum absolute atomic E-state index is 0.00441. The highest BCUT2D eigenvalue weighted by atomic mass is 16.2. The molecule has 2 atom stereocenters. The maximum absolute atomic E-state index is 13.4. The summed E-state index contributed by atoms with van der Waals surface area (Å²) in [7, 11) is 1.73. The number of anilines is 1. The number of hydrogen-bond acceptors (Lipinski definition) is 3. The Kier molecular flexibility index (Phi) is 6.64. The number of nitrogens with one attached hydrogen (secondary N) is 1. The van der Waals surface area contributed by atoms with E-state index in [4.69, 9.17) is 0 Å². The summed E-state index contributed by atoms with van der Waals surface area (Å²) >= 11 is 0. The number of nitrogens with zero attached hydrogens (tertiary/aromatic N) is 1. The van der Waals surface area contributed by atoms with Gasteiger partial charge < -0.3 is 10.2 Å². The zero-order valence-electron chi connectivity index (χ0n) is 20.1. The highest BCUT2D eigenvalue weighted by molar-refractivity contribution is 6.06. The van der Waals surface area contributed by atoms with E-state index in [1.165, 1.54) is 0 Å². The number of hydrogen-bond donors (Lipinski definition) is 1. The van der Waals surface area contributed by atoms with E-state index in [0.717, 1.165) is 39.1 Å². The molecule has 174 valence electrons. The number of amides is 2. The number of carbonyl (C=O) groups is 3. The van der Waals surface area contributed by atoms with Gasteiger partial charge in [-0.3, -0.25) is 14.4 Å².